The summed E-state index contributed by atoms with van der Waals surface area (Å²) < 4.78 is 10.3. The number of methoxy groups -OCH3 is 2. The van der Waals surface area contributed by atoms with Crippen LogP contribution in [0.4, 0.5) is 0 Å². The van der Waals surface area contributed by atoms with Gasteiger partial charge in [0.25, 0.3) is 0 Å². The summed E-state index contributed by atoms with van der Waals surface area (Å²) in [6.45, 7) is 0. The van der Waals surface area contributed by atoms with Gasteiger partial charge in [0.2, 0.25) is 0 Å². The molecule has 5 nitrogen and oxygen atoms in total. The van der Waals surface area contributed by atoms with Gasteiger partial charge in [0, 0.05) is 18.0 Å². The summed E-state index contributed by atoms with van der Waals surface area (Å²) in [7, 11) is 3.01. The maximum absolute atomic E-state index is 10.6. The van der Waals surface area contributed by atoms with E-state index in [2.05, 4.69) is 0 Å². The highest BCUT2D eigenvalue weighted by Crippen LogP contribution is 2.39. The molecule has 1 rings (SSSR count). The fourth-order valence-corrected chi connectivity index (χ4v) is 2.03. The molecule has 0 saturated carbocycles. The van der Waals surface area contributed by atoms with Gasteiger partial charge in [-0.3, -0.25) is 4.79 Å². The third-order valence-electron chi connectivity index (χ3n) is 2.58. The van der Waals surface area contributed by atoms with Crippen molar-refractivity contribution in [2.75, 3.05) is 14.2 Å². The average Bonchev–Trinajstić information content (AvgIpc) is 2.35. The molecule has 0 saturated heterocycles. The number of ether oxygens (including phenoxy) is 2. The Kier molecular flexibility index (Phi) is 5.25. The van der Waals surface area contributed by atoms with Crippen LogP contribution in [0.2, 0.25) is 5.02 Å². The number of hydrogen-bond donors (Lipinski definition) is 2. The quantitative estimate of drug-likeness (QED) is 0.830. The van der Waals surface area contributed by atoms with Gasteiger partial charge in [-0.05, 0) is 18.6 Å². The van der Waals surface area contributed by atoms with Crippen molar-refractivity contribution in [3.63, 3.8) is 0 Å². The molecule has 1 aromatic carbocycles. The first-order valence-corrected chi connectivity index (χ1v) is 5.76. The molecule has 0 aliphatic carbocycles. The molecular weight excluding hydrogens is 258 g/mol. The fraction of sp³-hybridized carbons (Fsp3) is 0.417. The van der Waals surface area contributed by atoms with E-state index in [1.807, 2.05) is 0 Å². The molecule has 100 valence electrons. The molecule has 18 heavy (non-hydrogen) atoms. The molecule has 0 aliphatic heterocycles. The van der Waals surface area contributed by atoms with E-state index in [9.17, 15) is 4.79 Å². The Morgan fingerprint density at radius 1 is 1.39 bits per heavy atom. The van der Waals surface area contributed by atoms with Crippen LogP contribution in [-0.4, -0.2) is 25.3 Å². The highest BCUT2D eigenvalue weighted by atomic mass is 35.5. The second kappa shape index (κ2) is 6.47. The van der Waals surface area contributed by atoms with Crippen LogP contribution >= 0.6 is 11.6 Å². The van der Waals surface area contributed by atoms with Gasteiger partial charge in [-0.15, -0.1) is 0 Å². The van der Waals surface area contributed by atoms with Gasteiger partial charge in [0.15, 0.2) is 0 Å². The van der Waals surface area contributed by atoms with Gasteiger partial charge in [0.05, 0.1) is 19.2 Å². The van der Waals surface area contributed by atoms with E-state index in [4.69, 9.17) is 31.9 Å². The molecule has 0 amide bonds. The van der Waals surface area contributed by atoms with E-state index >= 15 is 0 Å². The lowest BCUT2D eigenvalue weighted by molar-refractivity contribution is -0.137. The molecule has 0 aliphatic rings. The van der Waals surface area contributed by atoms with Crippen molar-refractivity contribution >= 4 is 17.6 Å². The number of nitrogens with two attached hydrogens (primary N) is 1. The number of hydrogen-bond acceptors (Lipinski definition) is 4. The monoisotopic (exact) mass is 273 g/mol. The summed E-state index contributed by atoms with van der Waals surface area (Å²) in [5.41, 5.74) is 6.53. The first-order chi connectivity index (χ1) is 8.51. The number of rotatable bonds is 6. The first kappa shape index (κ1) is 14.6. The summed E-state index contributed by atoms with van der Waals surface area (Å²) in [5, 5.41) is 9.02. The van der Waals surface area contributed by atoms with Crippen molar-refractivity contribution in [1.29, 1.82) is 0 Å². The van der Waals surface area contributed by atoms with Crippen molar-refractivity contribution in [2.45, 2.75) is 18.9 Å². The summed E-state index contributed by atoms with van der Waals surface area (Å²) in [6.07, 6.45) is 0.246. The predicted molar refractivity (Wildman–Crippen MR) is 68.4 cm³/mol. The Hall–Kier alpha value is -1.46. The largest absolute Gasteiger partial charge is 0.496 e. The van der Waals surface area contributed by atoms with Gasteiger partial charge in [0.1, 0.15) is 11.5 Å². The van der Waals surface area contributed by atoms with Crippen molar-refractivity contribution in [3.05, 3.63) is 22.7 Å². The second-order valence-corrected chi connectivity index (χ2v) is 4.11. The molecule has 0 heterocycles. The van der Waals surface area contributed by atoms with Crippen molar-refractivity contribution in [2.24, 2.45) is 5.73 Å². The van der Waals surface area contributed by atoms with Crippen LogP contribution in [0.3, 0.4) is 0 Å². The molecule has 0 fully saturated rings. The van der Waals surface area contributed by atoms with Gasteiger partial charge >= 0.3 is 5.97 Å². The summed E-state index contributed by atoms with van der Waals surface area (Å²) in [5.74, 6) is 0.111. The van der Waals surface area contributed by atoms with Gasteiger partial charge < -0.3 is 20.3 Å². The highest BCUT2D eigenvalue weighted by Gasteiger charge is 2.20. The van der Waals surface area contributed by atoms with Gasteiger partial charge in [-0.1, -0.05) is 11.6 Å². The van der Waals surface area contributed by atoms with Crippen LogP contribution in [0.5, 0.6) is 11.5 Å². The van der Waals surface area contributed by atoms with Crippen LogP contribution in [0, 0.1) is 0 Å². The Morgan fingerprint density at radius 3 is 2.44 bits per heavy atom. The average molecular weight is 274 g/mol. The van der Waals surface area contributed by atoms with Crippen LogP contribution in [0.1, 0.15) is 24.4 Å². The Bertz CT molecular complexity index is 436. The zero-order valence-electron chi connectivity index (χ0n) is 10.3. The lowest BCUT2D eigenvalue weighted by Gasteiger charge is -2.18. The molecule has 0 radical (unpaired) electrons. The van der Waals surface area contributed by atoms with Crippen LogP contribution in [0.15, 0.2) is 12.1 Å². The third kappa shape index (κ3) is 3.27. The van der Waals surface area contributed by atoms with Crippen molar-refractivity contribution in [1.82, 2.24) is 0 Å². The molecule has 3 N–H and O–H groups in total. The van der Waals surface area contributed by atoms with Gasteiger partial charge in [-0.2, -0.15) is 0 Å². The molecule has 1 aromatic rings. The minimum atomic E-state index is -0.900. The van der Waals surface area contributed by atoms with Crippen LogP contribution < -0.4 is 15.2 Å². The zero-order valence-corrected chi connectivity index (χ0v) is 11.0. The topological polar surface area (TPSA) is 81.8 Å². The summed E-state index contributed by atoms with van der Waals surface area (Å²) >= 11 is 6.17. The smallest absolute Gasteiger partial charge is 0.303 e. The standard InChI is InChI=1S/C12H16ClNO4/c1-17-8-4-5-9(18-2)12(13)11(8)7(14)3-6-10(15)16/h4-5,7H,3,6,14H2,1-2H3,(H,15,16). The van der Waals surface area contributed by atoms with Crippen LogP contribution in [-0.2, 0) is 4.79 Å². The van der Waals surface area contributed by atoms with E-state index in [1.54, 1.807) is 12.1 Å². The Labute approximate surface area is 110 Å². The normalized spacial score (nSPS) is 12.0. The van der Waals surface area contributed by atoms with E-state index in [0.29, 0.717) is 22.1 Å². The molecule has 1 atom stereocenters. The van der Waals surface area contributed by atoms with Crippen LogP contribution in [0.25, 0.3) is 0 Å². The number of halogens is 1. The number of carboxylic acid groups (broad SMARTS) is 1. The minimum Gasteiger partial charge on any atom is -0.496 e. The highest BCUT2D eigenvalue weighted by molar-refractivity contribution is 6.33. The van der Waals surface area contributed by atoms with E-state index < -0.39 is 12.0 Å². The number of benzene rings is 1. The van der Waals surface area contributed by atoms with E-state index in [-0.39, 0.29) is 12.8 Å². The number of aliphatic carboxylic acids is 1. The lowest BCUT2D eigenvalue weighted by atomic mass is 10.0. The molecule has 0 aromatic heterocycles. The molecule has 0 spiro atoms. The lowest BCUT2D eigenvalue weighted by Crippen LogP contribution is -2.14. The maximum atomic E-state index is 10.6. The van der Waals surface area contributed by atoms with Gasteiger partial charge in [-0.25, -0.2) is 0 Å². The minimum absolute atomic E-state index is 0.0299. The van der Waals surface area contributed by atoms with Crippen molar-refractivity contribution in [3.8, 4) is 11.5 Å². The van der Waals surface area contributed by atoms with E-state index in [0.717, 1.165) is 0 Å². The number of carbonyl (C=O) groups is 1. The first-order valence-electron chi connectivity index (χ1n) is 5.39. The molecule has 0 bridgehead atoms. The molecular formula is C12H16ClNO4. The SMILES string of the molecule is COc1ccc(OC)c(C(N)CCC(=O)O)c1Cl. The molecule has 1 unspecified atom stereocenters. The van der Waals surface area contributed by atoms with E-state index in [1.165, 1.54) is 14.2 Å². The Balaban J connectivity index is 3.07. The summed E-state index contributed by atoms with van der Waals surface area (Å²) in [4.78, 5) is 10.6. The predicted octanol–water partition coefficient (Wildman–Crippen LogP) is 2.22. The Morgan fingerprint density at radius 2 is 1.94 bits per heavy atom. The molecule has 6 heteroatoms. The van der Waals surface area contributed by atoms with Crippen molar-refractivity contribution < 1.29 is 19.4 Å². The summed E-state index contributed by atoms with van der Waals surface area (Å²) in [6, 6.07) is 2.86. The maximum Gasteiger partial charge on any atom is 0.303 e. The number of carboxylic acids is 1. The zero-order chi connectivity index (χ0) is 13.7. The second-order valence-electron chi connectivity index (χ2n) is 3.74. The fourth-order valence-electron chi connectivity index (χ4n) is 1.66. The third-order valence-corrected chi connectivity index (χ3v) is 2.97.